The molecular formula is C23H25ClN4O2. The van der Waals surface area contributed by atoms with Gasteiger partial charge in [-0.1, -0.05) is 35.9 Å². The summed E-state index contributed by atoms with van der Waals surface area (Å²) in [4.78, 5) is 14.3. The first-order valence-corrected chi connectivity index (χ1v) is 10.5. The summed E-state index contributed by atoms with van der Waals surface area (Å²) in [6.07, 6.45) is 4.96. The summed E-state index contributed by atoms with van der Waals surface area (Å²) in [5, 5.41) is 5.14. The van der Waals surface area contributed by atoms with Gasteiger partial charge in [0.1, 0.15) is 0 Å². The van der Waals surface area contributed by atoms with Crippen molar-refractivity contribution in [3.63, 3.8) is 0 Å². The third-order valence-corrected chi connectivity index (χ3v) is 5.56. The van der Waals surface area contributed by atoms with E-state index in [1.807, 2.05) is 53.3 Å². The smallest absolute Gasteiger partial charge is 0.251 e. The molecule has 1 atom stereocenters. The van der Waals surface area contributed by atoms with E-state index in [0.717, 1.165) is 48.3 Å². The number of hydrogen-bond acceptors (Lipinski definition) is 4. The van der Waals surface area contributed by atoms with Crippen LogP contribution in [-0.4, -0.2) is 40.3 Å². The number of carbonyl (C=O) groups is 1. The van der Waals surface area contributed by atoms with Gasteiger partial charge in [0.05, 0.1) is 18.5 Å². The fourth-order valence-electron chi connectivity index (χ4n) is 3.86. The lowest BCUT2D eigenvalue weighted by molar-refractivity contribution is -0.130. The van der Waals surface area contributed by atoms with Crippen molar-refractivity contribution in [2.24, 2.45) is 5.73 Å². The van der Waals surface area contributed by atoms with Gasteiger partial charge in [0.15, 0.2) is 6.10 Å². The number of aromatic nitrogens is 2. The first-order valence-electron chi connectivity index (χ1n) is 10.1. The summed E-state index contributed by atoms with van der Waals surface area (Å²) in [6.45, 7) is 2.80. The second-order valence-electron chi connectivity index (χ2n) is 7.50. The highest BCUT2D eigenvalue weighted by Crippen LogP contribution is 2.27. The number of amides is 1. The van der Waals surface area contributed by atoms with Crippen LogP contribution < -0.4 is 5.73 Å². The van der Waals surface area contributed by atoms with Gasteiger partial charge in [-0.3, -0.25) is 9.69 Å². The zero-order valence-electron chi connectivity index (χ0n) is 16.7. The lowest BCUT2D eigenvalue weighted by atomic mass is 9.97. The normalized spacial score (nSPS) is 18.0. The van der Waals surface area contributed by atoms with E-state index in [-0.39, 0.29) is 0 Å². The molecule has 0 bridgehead atoms. The van der Waals surface area contributed by atoms with Crippen molar-refractivity contribution in [3.05, 3.63) is 82.6 Å². The lowest BCUT2D eigenvalue weighted by Crippen LogP contribution is -2.32. The van der Waals surface area contributed by atoms with Crippen LogP contribution in [0.2, 0.25) is 5.02 Å². The van der Waals surface area contributed by atoms with Gasteiger partial charge in [0.25, 0.3) is 5.91 Å². The first-order chi connectivity index (χ1) is 14.6. The van der Waals surface area contributed by atoms with Crippen LogP contribution in [0.25, 0.3) is 5.69 Å². The van der Waals surface area contributed by atoms with Crippen molar-refractivity contribution < 1.29 is 9.53 Å². The molecule has 2 heterocycles. The van der Waals surface area contributed by atoms with Crippen molar-refractivity contribution in [3.8, 4) is 5.69 Å². The number of rotatable bonds is 4. The number of fused-ring (bicyclic) bond motifs is 1. The Labute approximate surface area is 181 Å². The summed E-state index contributed by atoms with van der Waals surface area (Å²) in [7, 11) is 0. The SMILES string of the molecule is NC(=O)C1OCCN(Cc2cnn(-c3ccccc3)c2)CCCc2cc(Cl)ccc21. The maximum atomic E-state index is 12.0. The number of ether oxygens (including phenoxy) is 1. The van der Waals surface area contributed by atoms with E-state index in [1.165, 1.54) is 0 Å². The number of carbonyl (C=O) groups excluding carboxylic acids is 1. The molecule has 1 aliphatic heterocycles. The van der Waals surface area contributed by atoms with Crippen LogP contribution in [0.1, 0.15) is 29.2 Å². The van der Waals surface area contributed by atoms with Gasteiger partial charge in [0, 0.05) is 29.9 Å². The Morgan fingerprint density at radius 2 is 2.03 bits per heavy atom. The maximum absolute atomic E-state index is 12.0. The van der Waals surface area contributed by atoms with E-state index >= 15 is 0 Å². The lowest BCUT2D eigenvalue weighted by Gasteiger charge is -2.26. The Balaban J connectivity index is 1.47. The predicted octanol–water partition coefficient (Wildman–Crippen LogP) is 3.52. The molecule has 1 amide bonds. The highest BCUT2D eigenvalue weighted by molar-refractivity contribution is 6.30. The zero-order chi connectivity index (χ0) is 20.9. The van der Waals surface area contributed by atoms with Gasteiger partial charge in [-0.2, -0.15) is 5.10 Å². The number of nitrogens with zero attached hydrogens (tertiary/aromatic N) is 3. The summed E-state index contributed by atoms with van der Waals surface area (Å²) >= 11 is 6.18. The molecule has 0 saturated heterocycles. The molecule has 1 unspecified atom stereocenters. The number of hydrogen-bond donors (Lipinski definition) is 1. The number of primary amides is 1. The number of benzene rings is 2. The molecule has 2 aromatic carbocycles. The van der Waals surface area contributed by atoms with E-state index in [0.29, 0.717) is 18.2 Å². The maximum Gasteiger partial charge on any atom is 0.251 e. The Hall–Kier alpha value is -2.67. The molecule has 156 valence electrons. The van der Waals surface area contributed by atoms with Gasteiger partial charge in [-0.05, 0) is 54.8 Å². The van der Waals surface area contributed by atoms with Crippen LogP contribution >= 0.6 is 11.6 Å². The molecule has 0 spiro atoms. The second-order valence-corrected chi connectivity index (χ2v) is 7.94. The van der Waals surface area contributed by atoms with Gasteiger partial charge in [-0.15, -0.1) is 0 Å². The fourth-order valence-corrected chi connectivity index (χ4v) is 4.05. The minimum Gasteiger partial charge on any atom is -0.367 e. The topological polar surface area (TPSA) is 73.4 Å². The van der Waals surface area contributed by atoms with E-state index in [2.05, 4.69) is 16.2 Å². The van der Waals surface area contributed by atoms with Crippen molar-refractivity contribution in [1.29, 1.82) is 0 Å². The van der Waals surface area contributed by atoms with Gasteiger partial charge in [0.2, 0.25) is 0 Å². The average molecular weight is 425 g/mol. The average Bonchev–Trinajstić information content (AvgIpc) is 3.21. The van der Waals surface area contributed by atoms with Crippen molar-refractivity contribution >= 4 is 17.5 Å². The molecule has 2 N–H and O–H groups in total. The zero-order valence-corrected chi connectivity index (χ0v) is 17.5. The molecule has 6 nitrogen and oxygen atoms in total. The van der Waals surface area contributed by atoms with Gasteiger partial charge in [-0.25, -0.2) is 4.68 Å². The summed E-state index contributed by atoms with van der Waals surface area (Å²) < 4.78 is 7.79. The van der Waals surface area contributed by atoms with E-state index in [1.54, 1.807) is 6.07 Å². The van der Waals surface area contributed by atoms with E-state index in [4.69, 9.17) is 22.1 Å². The molecule has 7 heteroatoms. The summed E-state index contributed by atoms with van der Waals surface area (Å²) in [5.41, 5.74) is 9.63. The van der Waals surface area contributed by atoms with E-state index < -0.39 is 12.0 Å². The molecule has 0 radical (unpaired) electrons. The molecule has 0 fully saturated rings. The Morgan fingerprint density at radius 3 is 2.83 bits per heavy atom. The minimum atomic E-state index is -0.752. The second kappa shape index (κ2) is 9.43. The van der Waals surface area contributed by atoms with Crippen molar-refractivity contribution in [2.45, 2.75) is 25.5 Å². The fraction of sp³-hybridized carbons (Fsp3) is 0.304. The minimum absolute atomic E-state index is 0.419. The monoisotopic (exact) mass is 424 g/mol. The van der Waals surface area contributed by atoms with Crippen LogP contribution in [0, 0.1) is 0 Å². The van der Waals surface area contributed by atoms with Crippen LogP contribution in [0.3, 0.4) is 0 Å². The molecule has 3 aromatic rings. The highest BCUT2D eigenvalue weighted by Gasteiger charge is 2.23. The van der Waals surface area contributed by atoms with Crippen molar-refractivity contribution in [2.75, 3.05) is 19.7 Å². The summed E-state index contributed by atoms with van der Waals surface area (Å²) in [6, 6.07) is 15.6. The molecule has 1 aliphatic rings. The summed E-state index contributed by atoms with van der Waals surface area (Å²) in [5.74, 6) is -0.477. The number of aryl methyl sites for hydroxylation is 1. The van der Waals surface area contributed by atoms with E-state index in [9.17, 15) is 4.79 Å². The molecule has 30 heavy (non-hydrogen) atoms. The standard InChI is InChI=1S/C23H25ClN4O2/c24-19-8-9-21-18(13-19)5-4-10-27(11-12-30-22(21)23(25)29)15-17-14-26-28(16-17)20-6-2-1-3-7-20/h1-3,6-9,13-14,16,22H,4-5,10-12,15H2,(H2,25,29). The van der Waals surface area contributed by atoms with Crippen molar-refractivity contribution in [1.82, 2.24) is 14.7 Å². The third-order valence-electron chi connectivity index (χ3n) is 5.32. The Kier molecular flexibility index (Phi) is 6.47. The number of halogens is 1. The Bertz CT molecular complexity index is 1010. The quantitative estimate of drug-likeness (QED) is 0.695. The predicted molar refractivity (Wildman–Crippen MR) is 117 cm³/mol. The van der Waals surface area contributed by atoms with Gasteiger partial charge < -0.3 is 10.5 Å². The largest absolute Gasteiger partial charge is 0.367 e. The molecule has 4 rings (SSSR count). The van der Waals surface area contributed by atoms with Crippen LogP contribution in [0.4, 0.5) is 0 Å². The Morgan fingerprint density at radius 1 is 1.20 bits per heavy atom. The van der Waals surface area contributed by atoms with Crippen LogP contribution in [-0.2, 0) is 22.5 Å². The first kappa shape index (κ1) is 20.6. The number of para-hydroxylation sites is 1. The molecule has 0 aliphatic carbocycles. The molecule has 1 aromatic heterocycles. The van der Waals surface area contributed by atoms with Crippen LogP contribution in [0.5, 0.6) is 0 Å². The number of nitrogens with two attached hydrogens (primary N) is 1. The highest BCUT2D eigenvalue weighted by atomic mass is 35.5. The third kappa shape index (κ3) is 4.90. The van der Waals surface area contributed by atoms with Gasteiger partial charge >= 0.3 is 0 Å². The van der Waals surface area contributed by atoms with Crippen LogP contribution in [0.15, 0.2) is 60.9 Å². The molecule has 0 saturated carbocycles. The molecular weight excluding hydrogens is 400 g/mol.